The van der Waals surface area contributed by atoms with Crippen molar-refractivity contribution >= 4 is 63.5 Å². The van der Waals surface area contributed by atoms with E-state index in [0.717, 1.165) is 28.0 Å². The molecule has 1 aromatic carbocycles. The summed E-state index contributed by atoms with van der Waals surface area (Å²) in [6, 6.07) is 3.04. The van der Waals surface area contributed by atoms with Crippen LogP contribution in [0.2, 0.25) is 0 Å². The molecule has 2 amide bonds. The molecule has 2 atom stereocenters. The van der Waals surface area contributed by atoms with Crippen LogP contribution < -0.4 is 11.1 Å². The fourth-order valence-electron chi connectivity index (χ4n) is 3.89. The molecular weight excluding hydrogens is 586 g/mol. The van der Waals surface area contributed by atoms with E-state index in [4.69, 9.17) is 15.0 Å². The van der Waals surface area contributed by atoms with Crippen molar-refractivity contribution in [3.05, 3.63) is 40.5 Å². The zero-order valence-electron chi connectivity index (χ0n) is 20.3. The van der Waals surface area contributed by atoms with Crippen molar-refractivity contribution in [1.82, 2.24) is 25.4 Å². The molecule has 1 fully saturated rings. The lowest BCUT2D eigenvalue weighted by molar-refractivity contribution is -0.150. The highest BCUT2D eigenvalue weighted by Crippen LogP contribution is 2.42. The summed E-state index contributed by atoms with van der Waals surface area (Å²) in [6.07, 6.45) is 0. The second kappa shape index (κ2) is 11.1. The maximum Gasteiger partial charge on any atom is 0.352 e. The van der Waals surface area contributed by atoms with Gasteiger partial charge in [0.1, 0.15) is 29.9 Å². The van der Waals surface area contributed by atoms with E-state index in [9.17, 15) is 29.7 Å². The highest BCUT2D eigenvalue weighted by Gasteiger charge is 2.54. The number of benzene rings is 1. The van der Waals surface area contributed by atoms with Gasteiger partial charge < -0.3 is 35.6 Å². The molecule has 0 bridgehead atoms. The number of anilines is 1. The van der Waals surface area contributed by atoms with Crippen LogP contribution in [-0.2, 0) is 19.2 Å². The van der Waals surface area contributed by atoms with Gasteiger partial charge in [-0.05, 0) is 23.8 Å². The first-order valence-electron chi connectivity index (χ1n) is 11.2. The standard InChI is InChI=1S/C22H19N7O8S3/c1-36-28-13(10-7-39-21(23)24-10)16(32)25-14-18(33)29-15(20(34)35)9(5-38-19(14)29)6-40-22-27-26-17(37-22)8-2-3-11(30)12(31)4-8/h2-4,7,14,19,30-31H,5-6H2,1H3,(H2,23,24)(H,25,32)(H,34,35)/t14-,19-/m1/s1. The van der Waals surface area contributed by atoms with E-state index in [1.54, 1.807) is 0 Å². The number of oxime groups is 1. The Labute approximate surface area is 237 Å². The van der Waals surface area contributed by atoms with E-state index in [1.807, 2.05) is 0 Å². The first-order chi connectivity index (χ1) is 19.2. The van der Waals surface area contributed by atoms with E-state index in [1.165, 1.54) is 42.5 Å². The molecule has 6 N–H and O–H groups in total. The van der Waals surface area contributed by atoms with Crippen LogP contribution in [0.25, 0.3) is 11.5 Å². The van der Waals surface area contributed by atoms with Crippen LogP contribution in [0.4, 0.5) is 5.13 Å². The van der Waals surface area contributed by atoms with Crippen molar-refractivity contribution < 1.29 is 39.0 Å². The molecule has 2 aromatic heterocycles. The number of aromatic nitrogens is 3. The number of carboxylic acid groups (broad SMARTS) is 1. The van der Waals surface area contributed by atoms with E-state index in [0.29, 0.717) is 11.1 Å². The van der Waals surface area contributed by atoms with Crippen molar-refractivity contribution in [2.75, 3.05) is 24.3 Å². The molecule has 2 aliphatic heterocycles. The van der Waals surface area contributed by atoms with Gasteiger partial charge >= 0.3 is 5.97 Å². The van der Waals surface area contributed by atoms with Crippen molar-refractivity contribution in [3.8, 4) is 23.0 Å². The number of aromatic hydroxyl groups is 2. The number of phenols is 2. The number of aliphatic carboxylic acids is 1. The normalized spacial score (nSPS) is 18.8. The largest absolute Gasteiger partial charge is 0.504 e. The number of nitrogens with two attached hydrogens (primary N) is 1. The smallest absolute Gasteiger partial charge is 0.352 e. The molecule has 18 heteroatoms. The highest BCUT2D eigenvalue weighted by atomic mass is 32.2. The van der Waals surface area contributed by atoms with Gasteiger partial charge in [-0.1, -0.05) is 16.9 Å². The average Bonchev–Trinajstić information content (AvgIpc) is 3.59. The molecule has 1 saturated heterocycles. The average molecular weight is 606 g/mol. The first kappa shape index (κ1) is 27.3. The number of thioether (sulfide) groups is 2. The van der Waals surface area contributed by atoms with Gasteiger partial charge in [0, 0.05) is 22.4 Å². The van der Waals surface area contributed by atoms with Crippen LogP contribution in [0.15, 0.2) is 49.6 Å². The topological polar surface area (TPSA) is 227 Å². The van der Waals surface area contributed by atoms with Gasteiger partial charge in [0.2, 0.25) is 5.89 Å². The minimum atomic E-state index is -1.29. The molecule has 2 aliphatic rings. The number of nitrogens with zero attached hydrogens (tertiary/aromatic N) is 5. The predicted molar refractivity (Wildman–Crippen MR) is 144 cm³/mol. The summed E-state index contributed by atoms with van der Waals surface area (Å²) in [4.78, 5) is 48.0. The number of nitrogen functional groups attached to an aromatic ring is 1. The third-order valence-electron chi connectivity index (χ3n) is 5.70. The van der Waals surface area contributed by atoms with Crippen LogP contribution in [0.5, 0.6) is 11.5 Å². The molecule has 0 unspecified atom stereocenters. The highest BCUT2D eigenvalue weighted by molar-refractivity contribution is 8.01. The number of carbonyl (C=O) groups excluding carboxylic acids is 2. The summed E-state index contributed by atoms with van der Waals surface area (Å²) >= 11 is 3.48. The monoisotopic (exact) mass is 605 g/mol. The minimum Gasteiger partial charge on any atom is -0.504 e. The molecule has 0 radical (unpaired) electrons. The fourth-order valence-corrected chi connectivity index (χ4v) is 6.68. The summed E-state index contributed by atoms with van der Waals surface area (Å²) in [5, 5.41) is 44.4. The van der Waals surface area contributed by atoms with Gasteiger partial charge in [-0.2, -0.15) is 0 Å². The Balaban J connectivity index is 1.28. The van der Waals surface area contributed by atoms with Gasteiger partial charge in [0.25, 0.3) is 17.0 Å². The SMILES string of the molecule is CON=C(C(=O)N[C@@H]1C(=O)N2C(C(=O)O)=C(CSc3nnc(-c4ccc(O)c(O)c4)o3)CS[C@H]12)c1csc(N)n1. The van der Waals surface area contributed by atoms with Gasteiger partial charge in [0.15, 0.2) is 22.3 Å². The number of carboxylic acids is 1. The van der Waals surface area contributed by atoms with E-state index < -0.39 is 29.2 Å². The zero-order valence-corrected chi connectivity index (χ0v) is 22.7. The Morgan fingerprint density at radius 2 is 2.12 bits per heavy atom. The molecule has 208 valence electrons. The predicted octanol–water partition coefficient (Wildman–Crippen LogP) is 1.07. The van der Waals surface area contributed by atoms with Gasteiger partial charge in [0.05, 0.1) is 0 Å². The van der Waals surface area contributed by atoms with Crippen molar-refractivity contribution in [2.45, 2.75) is 16.6 Å². The van der Waals surface area contributed by atoms with Crippen molar-refractivity contribution in [2.24, 2.45) is 5.16 Å². The van der Waals surface area contributed by atoms with E-state index in [-0.39, 0.29) is 56.4 Å². The lowest BCUT2D eigenvalue weighted by Gasteiger charge is -2.49. The lowest BCUT2D eigenvalue weighted by atomic mass is 10.0. The number of carbonyl (C=O) groups is 3. The summed E-state index contributed by atoms with van der Waals surface area (Å²) in [6.45, 7) is 0. The van der Waals surface area contributed by atoms with Gasteiger partial charge in [-0.15, -0.1) is 33.3 Å². The number of nitrogens with one attached hydrogen (secondary N) is 1. The van der Waals surface area contributed by atoms with Crippen molar-refractivity contribution in [3.63, 3.8) is 0 Å². The number of fused-ring (bicyclic) bond motifs is 1. The molecule has 0 saturated carbocycles. The maximum absolute atomic E-state index is 13.0. The van der Waals surface area contributed by atoms with Crippen LogP contribution in [0.3, 0.4) is 0 Å². The summed E-state index contributed by atoms with van der Waals surface area (Å²) in [5.74, 6) is -2.74. The Hall–Kier alpha value is -4.29. The molecule has 3 aromatic rings. The Bertz CT molecular complexity index is 1570. The first-order valence-corrected chi connectivity index (χ1v) is 14.1. The number of thiazole rings is 1. The van der Waals surface area contributed by atoms with Crippen LogP contribution in [0, 0.1) is 0 Å². The third-order valence-corrected chi connectivity index (χ3v) is 8.62. The van der Waals surface area contributed by atoms with Crippen LogP contribution >= 0.6 is 34.9 Å². The van der Waals surface area contributed by atoms with E-state index in [2.05, 4.69) is 25.7 Å². The zero-order chi connectivity index (χ0) is 28.6. The third kappa shape index (κ3) is 5.15. The number of rotatable bonds is 9. The molecule has 4 heterocycles. The molecule has 0 spiro atoms. The van der Waals surface area contributed by atoms with Gasteiger partial charge in [-0.3, -0.25) is 14.5 Å². The molecule has 5 rings (SSSR count). The van der Waals surface area contributed by atoms with Crippen LogP contribution in [0.1, 0.15) is 5.69 Å². The summed E-state index contributed by atoms with van der Waals surface area (Å²) < 4.78 is 5.58. The maximum atomic E-state index is 13.0. The fraction of sp³-hybridized carbons (Fsp3) is 0.227. The molecule has 40 heavy (non-hydrogen) atoms. The Kier molecular flexibility index (Phi) is 7.55. The molecule has 15 nitrogen and oxygen atoms in total. The van der Waals surface area contributed by atoms with Crippen LogP contribution in [-0.4, -0.2) is 88.9 Å². The molecular formula is C22H19N7O8S3. The summed E-state index contributed by atoms with van der Waals surface area (Å²) in [5.41, 5.74) is 6.31. The Morgan fingerprint density at radius 1 is 1.32 bits per heavy atom. The number of hydrogen-bond donors (Lipinski definition) is 5. The number of amides is 2. The molecule has 0 aliphatic carbocycles. The van der Waals surface area contributed by atoms with Crippen molar-refractivity contribution in [1.29, 1.82) is 0 Å². The number of β-lactam (4-membered cyclic amide) rings is 1. The summed E-state index contributed by atoms with van der Waals surface area (Å²) in [7, 11) is 1.26. The quantitative estimate of drug-likeness (QED) is 0.0756. The second-order valence-electron chi connectivity index (χ2n) is 8.18. The Morgan fingerprint density at radius 3 is 2.80 bits per heavy atom. The minimum absolute atomic E-state index is 0.0940. The van der Waals surface area contributed by atoms with Gasteiger partial charge in [-0.25, -0.2) is 9.78 Å². The van der Waals surface area contributed by atoms with E-state index >= 15 is 0 Å². The number of hydrogen-bond acceptors (Lipinski definition) is 15. The second-order valence-corrected chi connectivity index (χ2v) is 11.1. The number of phenolic OH excluding ortho intramolecular Hbond substituents is 2. The lowest BCUT2D eigenvalue weighted by Crippen LogP contribution is -2.71.